The molecule has 0 amide bonds. The Hall–Kier alpha value is -1.85. The number of ether oxygens (including phenoxy) is 1. The van der Waals surface area contributed by atoms with Crippen LogP contribution in [0.1, 0.15) is 58.3 Å². The van der Waals surface area contributed by atoms with Crippen molar-refractivity contribution in [3.8, 4) is 0 Å². The quantitative estimate of drug-likeness (QED) is 0.364. The van der Waals surface area contributed by atoms with Crippen LogP contribution in [0.3, 0.4) is 0 Å². The number of unbranched alkanes of at least 4 members (excludes halogenated alkanes) is 5. The normalized spacial score (nSPS) is 9.05. The van der Waals surface area contributed by atoms with Crippen molar-refractivity contribution in [2.75, 3.05) is 0 Å². The molecule has 116 valence electrons. The zero-order valence-electron chi connectivity index (χ0n) is 12.0. The molecule has 0 aliphatic rings. The smallest absolute Gasteiger partial charge is 0.307 e. The van der Waals surface area contributed by atoms with Gasteiger partial charge in [-0.1, -0.05) is 32.3 Å². The van der Waals surface area contributed by atoms with Gasteiger partial charge in [0.2, 0.25) is 0 Å². The third-order valence-corrected chi connectivity index (χ3v) is 2.28. The maximum Gasteiger partial charge on any atom is 0.307 e. The summed E-state index contributed by atoms with van der Waals surface area (Å²) in [5, 5.41) is 16.7. The summed E-state index contributed by atoms with van der Waals surface area (Å²) in [7, 11) is 0. The summed E-state index contributed by atoms with van der Waals surface area (Å²) in [5.74, 6) is -1.81. The number of rotatable bonds is 10. The molecule has 0 aliphatic heterocycles. The molecule has 0 saturated carbocycles. The topological polar surface area (TPSA) is 101 Å². The molecule has 6 heteroatoms. The van der Waals surface area contributed by atoms with Crippen LogP contribution in [0.2, 0.25) is 0 Å². The lowest BCUT2D eigenvalue weighted by atomic mass is 10.1. The van der Waals surface area contributed by atoms with Crippen LogP contribution in [0.15, 0.2) is 12.8 Å². The summed E-state index contributed by atoms with van der Waals surface area (Å²) in [5.41, 5.74) is 0. The first-order valence-electron chi connectivity index (χ1n) is 6.61. The monoisotopic (exact) mass is 288 g/mol. The van der Waals surface area contributed by atoms with E-state index in [-0.39, 0.29) is 18.8 Å². The second kappa shape index (κ2) is 15.2. The molecule has 20 heavy (non-hydrogen) atoms. The van der Waals surface area contributed by atoms with E-state index in [1.54, 1.807) is 0 Å². The Bertz CT molecular complexity index is 278. The molecule has 0 spiro atoms. The van der Waals surface area contributed by atoms with E-state index in [2.05, 4.69) is 11.3 Å². The van der Waals surface area contributed by atoms with Crippen LogP contribution < -0.4 is 0 Å². The highest BCUT2D eigenvalue weighted by Crippen LogP contribution is 2.08. The summed E-state index contributed by atoms with van der Waals surface area (Å²) < 4.78 is 4.17. The van der Waals surface area contributed by atoms with Gasteiger partial charge in [0.15, 0.2) is 0 Å². The van der Waals surface area contributed by atoms with Crippen LogP contribution in [0.25, 0.3) is 0 Å². The van der Waals surface area contributed by atoms with Gasteiger partial charge in [0.05, 0.1) is 6.26 Å². The first kappa shape index (κ1) is 20.5. The number of esters is 1. The molecule has 0 rings (SSSR count). The predicted molar refractivity (Wildman–Crippen MR) is 74.2 cm³/mol. The van der Waals surface area contributed by atoms with Gasteiger partial charge in [-0.2, -0.15) is 0 Å². The number of carbonyl (C=O) groups excluding carboxylic acids is 1. The van der Waals surface area contributed by atoms with Crippen LogP contribution in [0.4, 0.5) is 0 Å². The number of hydrogen-bond acceptors (Lipinski definition) is 4. The third kappa shape index (κ3) is 25.1. The van der Waals surface area contributed by atoms with Crippen molar-refractivity contribution in [3.63, 3.8) is 0 Å². The Kier molecular flexibility index (Phi) is 15.6. The second-order valence-corrected chi connectivity index (χ2v) is 4.18. The maximum absolute atomic E-state index is 10.1. The highest BCUT2D eigenvalue weighted by atomic mass is 16.5. The Morgan fingerprint density at radius 3 is 1.45 bits per heavy atom. The zero-order valence-corrected chi connectivity index (χ0v) is 12.0. The van der Waals surface area contributed by atoms with Crippen molar-refractivity contribution >= 4 is 17.9 Å². The van der Waals surface area contributed by atoms with E-state index in [0.29, 0.717) is 0 Å². The molecule has 0 radical (unpaired) electrons. The van der Waals surface area contributed by atoms with Gasteiger partial charge in [-0.05, 0) is 12.8 Å². The second-order valence-electron chi connectivity index (χ2n) is 4.18. The molecule has 6 nitrogen and oxygen atoms in total. The van der Waals surface area contributed by atoms with E-state index in [4.69, 9.17) is 10.2 Å². The Balaban J connectivity index is 0. The van der Waals surface area contributed by atoms with Crippen molar-refractivity contribution in [2.24, 2.45) is 0 Å². The average molecular weight is 288 g/mol. The Morgan fingerprint density at radius 2 is 1.25 bits per heavy atom. The van der Waals surface area contributed by atoms with E-state index in [1.165, 1.54) is 6.92 Å². The number of carboxylic acids is 2. The van der Waals surface area contributed by atoms with Gasteiger partial charge in [0, 0.05) is 19.8 Å². The van der Waals surface area contributed by atoms with Crippen molar-refractivity contribution in [3.05, 3.63) is 12.8 Å². The van der Waals surface area contributed by atoms with Crippen molar-refractivity contribution < 1.29 is 29.3 Å². The number of carboxylic acid groups (broad SMARTS) is 2. The van der Waals surface area contributed by atoms with Gasteiger partial charge >= 0.3 is 17.9 Å². The minimum absolute atomic E-state index is 0.245. The lowest BCUT2D eigenvalue weighted by Crippen LogP contribution is -1.94. The van der Waals surface area contributed by atoms with Gasteiger partial charge in [-0.25, -0.2) is 0 Å². The summed E-state index contributed by atoms with van der Waals surface area (Å²) in [6.07, 6.45) is 6.92. The number of aliphatic carboxylic acids is 2. The minimum atomic E-state index is -0.740. The molecule has 0 aromatic rings. The molecular weight excluding hydrogens is 264 g/mol. The van der Waals surface area contributed by atoms with Crippen LogP contribution in [0, 0.1) is 0 Å². The Labute approximate surface area is 119 Å². The van der Waals surface area contributed by atoms with Crippen LogP contribution in [0.5, 0.6) is 0 Å². The highest BCUT2D eigenvalue weighted by Gasteiger charge is 1.98. The first-order chi connectivity index (χ1) is 9.40. The molecular formula is C14H24O6. The molecule has 0 aliphatic carbocycles. The van der Waals surface area contributed by atoms with Gasteiger partial charge in [0.1, 0.15) is 0 Å². The fourth-order valence-electron chi connectivity index (χ4n) is 1.38. The van der Waals surface area contributed by atoms with E-state index in [1.807, 2.05) is 0 Å². The molecule has 0 heterocycles. The SMILES string of the molecule is C=COC(C)=O.O=C(O)CCCCCCCCC(=O)O. The highest BCUT2D eigenvalue weighted by molar-refractivity contribution is 5.67. The van der Waals surface area contributed by atoms with Gasteiger partial charge in [-0.3, -0.25) is 14.4 Å². The fourth-order valence-corrected chi connectivity index (χ4v) is 1.38. The molecule has 0 saturated heterocycles. The molecule has 0 aromatic carbocycles. The zero-order chi connectivity index (χ0) is 15.8. The third-order valence-electron chi connectivity index (χ3n) is 2.28. The average Bonchev–Trinajstić information content (AvgIpc) is 2.32. The lowest BCUT2D eigenvalue weighted by molar-refractivity contribution is -0.138. The largest absolute Gasteiger partial charge is 0.481 e. The van der Waals surface area contributed by atoms with E-state index in [0.717, 1.165) is 44.8 Å². The number of carbonyl (C=O) groups is 3. The van der Waals surface area contributed by atoms with Crippen molar-refractivity contribution in [1.29, 1.82) is 0 Å². The molecule has 0 atom stereocenters. The first-order valence-corrected chi connectivity index (χ1v) is 6.61. The maximum atomic E-state index is 10.1. The molecule has 0 fully saturated rings. The summed E-state index contributed by atoms with van der Waals surface area (Å²) in [6.45, 7) is 4.48. The van der Waals surface area contributed by atoms with Gasteiger partial charge in [-0.15, -0.1) is 0 Å². The predicted octanol–water partition coefficient (Wildman–Crippen LogP) is 2.97. The van der Waals surface area contributed by atoms with Crippen LogP contribution in [-0.4, -0.2) is 28.1 Å². The van der Waals surface area contributed by atoms with E-state index in [9.17, 15) is 14.4 Å². The lowest BCUT2D eigenvalue weighted by Gasteiger charge is -1.98. The van der Waals surface area contributed by atoms with Gasteiger partial charge < -0.3 is 14.9 Å². The van der Waals surface area contributed by atoms with Gasteiger partial charge in [0.25, 0.3) is 0 Å². The van der Waals surface area contributed by atoms with E-state index >= 15 is 0 Å². The fraction of sp³-hybridized carbons (Fsp3) is 0.643. The summed E-state index contributed by atoms with van der Waals surface area (Å²) >= 11 is 0. The number of hydrogen-bond donors (Lipinski definition) is 2. The van der Waals surface area contributed by atoms with E-state index < -0.39 is 11.9 Å². The minimum Gasteiger partial charge on any atom is -0.481 e. The molecule has 0 unspecified atom stereocenters. The van der Waals surface area contributed by atoms with Crippen LogP contribution in [-0.2, 0) is 19.1 Å². The summed E-state index contributed by atoms with van der Waals surface area (Å²) in [4.78, 5) is 30.0. The molecule has 0 bridgehead atoms. The standard InChI is InChI=1S/C10H18O4.C4H6O2/c11-9(12)7-5-3-1-2-4-6-8-10(13)14;1-3-6-4(2)5/h1-8H2,(H,11,12)(H,13,14);3H,1H2,2H3. The van der Waals surface area contributed by atoms with Crippen LogP contribution >= 0.6 is 0 Å². The summed E-state index contributed by atoms with van der Waals surface area (Å²) in [6, 6.07) is 0. The molecule has 0 aromatic heterocycles. The van der Waals surface area contributed by atoms with Crippen molar-refractivity contribution in [2.45, 2.75) is 58.3 Å². The molecule has 2 N–H and O–H groups in total. The Morgan fingerprint density at radius 1 is 0.900 bits per heavy atom. The van der Waals surface area contributed by atoms with Crippen molar-refractivity contribution in [1.82, 2.24) is 0 Å².